The summed E-state index contributed by atoms with van der Waals surface area (Å²) in [5.41, 5.74) is 5.04. The molecule has 0 aliphatic rings. The molecule has 0 radical (unpaired) electrons. The molecule has 78 valence electrons. The minimum absolute atomic E-state index is 0.675. The van der Waals surface area contributed by atoms with E-state index in [-0.39, 0.29) is 0 Å². The minimum Gasteiger partial charge on any atom is -0.503 e. The van der Waals surface area contributed by atoms with Gasteiger partial charge >= 0.3 is 6.09 Å². The predicted octanol–water partition coefficient (Wildman–Crippen LogP) is 2.59. The van der Waals surface area contributed by atoms with Crippen molar-refractivity contribution in [2.45, 2.75) is 18.1 Å². The Bertz CT molecular complexity index is 212. The molecule has 0 aromatic carbocycles. The van der Waals surface area contributed by atoms with Crippen LogP contribution in [-0.2, 0) is 4.43 Å². The van der Waals surface area contributed by atoms with E-state index >= 15 is 0 Å². The normalized spacial score (nSPS) is 10.3. The number of rotatable bonds is 7. The number of carbonyl (C=O) groups is 1. The third-order valence-corrected chi connectivity index (χ3v) is 5.60. The molecule has 0 unspecified atom stereocenters. The zero-order valence-electron chi connectivity index (χ0n) is 8.37. The molecule has 1 amide bonds. The van der Waals surface area contributed by atoms with E-state index in [0.717, 1.165) is 0 Å². The maximum absolute atomic E-state index is 10.8. The Morgan fingerprint density at radius 3 is 1.71 bits per heavy atom. The van der Waals surface area contributed by atoms with Crippen molar-refractivity contribution < 1.29 is 9.22 Å². The molecule has 0 aromatic heterocycles. The second-order valence-corrected chi connectivity index (χ2v) is 6.88. The number of hydrogen-bond acceptors (Lipinski definition) is 2. The summed E-state index contributed by atoms with van der Waals surface area (Å²) in [5.74, 6) is 0. The van der Waals surface area contributed by atoms with E-state index in [9.17, 15) is 4.79 Å². The van der Waals surface area contributed by atoms with E-state index in [1.165, 1.54) is 0 Å². The summed E-state index contributed by atoms with van der Waals surface area (Å²) in [5, 5.41) is 0. The van der Waals surface area contributed by atoms with Gasteiger partial charge in [0.1, 0.15) is 0 Å². The van der Waals surface area contributed by atoms with Crippen LogP contribution in [0.3, 0.4) is 0 Å². The second kappa shape index (κ2) is 6.20. The Morgan fingerprint density at radius 2 is 1.50 bits per heavy atom. The Hall–Kier alpha value is -1.29. The molecule has 3 nitrogen and oxygen atoms in total. The van der Waals surface area contributed by atoms with Crippen molar-refractivity contribution in [1.29, 1.82) is 0 Å². The van der Waals surface area contributed by atoms with Crippen LogP contribution < -0.4 is 5.73 Å². The topological polar surface area (TPSA) is 52.3 Å². The minimum atomic E-state index is -2.19. The molecule has 14 heavy (non-hydrogen) atoms. The van der Waals surface area contributed by atoms with Gasteiger partial charge in [-0.25, -0.2) is 4.79 Å². The number of carbonyl (C=O) groups excluding carboxylic acids is 1. The fourth-order valence-electron chi connectivity index (χ4n) is 1.38. The van der Waals surface area contributed by atoms with E-state index in [1.807, 2.05) is 0 Å². The maximum Gasteiger partial charge on any atom is 0.390 e. The van der Waals surface area contributed by atoms with Crippen LogP contribution in [0.25, 0.3) is 0 Å². The van der Waals surface area contributed by atoms with Gasteiger partial charge in [0, 0.05) is 0 Å². The highest BCUT2D eigenvalue weighted by Gasteiger charge is 2.34. The first-order valence-corrected chi connectivity index (χ1v) is 6.94. The van der Waals surface area contributed by atoms with Gasteiger partial charge in [-0.1, -0.05) is 18.2 Å². The van der Waals surface area contributed by atoms with E-state index < -0.39 is 14.4 Å². The Kier molecular flexibility index (Phi) is 5.63. The summed E-state index contributed by atoms with van der Waals surface area (Å²) < 4.78 is 5.22. The van der Waals surface area contributed by atoms with Crippen LogP contribution in [0.5, 0.6) is 0 Å². The van der Waals surface area contributed by atoms with Gasteiger partial charge in [-0.2, -0.15) is 0 Å². The predicted molar refractivity (Wildman–Crippen MR) is 61.4 cm³/mol. The lowest BCUT2D eigenvalue weighted by molar-refractivity contribution is 0.208. The van der Waals surface area contributed by atoms with Crippen LogP contribution in [0.4, 0.5) is 4.79 Å². The lowest BCUT2D eigenvalue weighted by Gasteiger charge is -2.26. The SMILES string of the molecule is C=CC[Si](CC=C)(CC=C)OC(N)=O. The average molecular weight is 211 g/mol. The molecule has 0 bridgehead atoms. The van der Waals surface area contributed by atoms with E-state index in [0.29, 0.717) is 18.1 Å². The first-order chi connectivity index (χ1) is 6.60. The van der Waals surface area contributed by atoms with E-state index in [1.54, 1.807) is 18.2 Å². The third-order valence-electron chi connectivity index (χ3n) is 1.87. The third kappa shape index (κ3) is 4.09. The summed E-state index contributed by atoms with van der Waals surface area (Å²) in [6.45, 7) is 11.0. The summed E-state index contributed by atoms with van der Waals surface area (Å²) in [6, 6.07) is 2.02. The van der Waals surface area contributed by atoms with Gasteiger partial charge < -0.3 is 10.2 Å². The zero-order chi connectivity index (χ0) is 11.0. The maximum atomic E-state index is 10.8. The summed E-state index contributed by atoms with van der Waals surface area (Å²) in [6.07, 6.45) is 4.54. The smallest absolute Gasteiger partial charge is 0.390 e. The number of hydrogen-bond donors (Lipinski definition) is 1. The summed E-state index contributed by atoms with van der Waals surface area (Å²) in [4.78, 5) is 10.8. The van der Waals surface area contributed by atoms with Crippen LogP contribution >= 0.6 is 0 Å². The van der Waals surface area contributed by atoms with Crippen molar-refractivity contribution in [3.05, 3.63) is 38.0 Å². The molecule has 0 spiro atoms. The standard InChI is InChI=1S/C10H17NO2Si/c1-4-7-14(8-5-2,9-6-3)13-10(11)12/h4-6H,1-3,7-9H2,(H2,11,12). The van der Waals surface area contributed by atoms with Crippen LogP contribution in [0, 0.1) is 0 Å². The van der Waals surface area contributed by atoms with Crippen LogP contribution in [0.2, 0.25) is 18.1 Å². The van der Waals surface area contributed by atoms with E-state index in [2.05, 4.69) is 19.7 Å². The van der Waals surface area contributed by atoms with Gasteiger partial charge in [-0.15, -0.1) is 19.7 Å². The van der Waals surface area contributed by atoms with Gasteiger partial charge in [0.2, 0.25) is 0 Å². The molecule has 0 aliphatic carbocycles. The van der Waals surface area contributed by atoms with Crippen molar-refractivity contribution in [3.8, 4) is 0 Å². The summed E-state index contributed by atoms with van der Waals surface area (Å²) >= 11 is 0. The van der Waals surface area contributed by atoms with Crippen molar-refractivity contribution >= 4 is 14.4 Å². The average Bonchev–Trinajstić information content (AvgIpc) is 2.03. The molecule has 4 heteroatoms. The molecule has 0 saturated carbocycles. The van der Waals surface area contributed by atoms with Crippen LogP contribution in [-0.4, -0.2) is 14.4 Å². The largest absolute Gasteiger partial charge is 0.503 e. The first kappa shape index (κ1) is 12.7. The molecule has 0 saturated heterocycles. The molecule has 0 atom stereocenters. The molecule has 0 fully saturated rings. The number of primary amides is 1. The lowest BCUT2D eigenvalue weighted by atomic mass is 10.7. The number of nitrogens with two attached hydrogens (primary N) is 1. The fourth-order valence-corrected chi connectivity index (χ4v) is 4.13. The first-order valence-electron chi connectivity index (χ1n) is 4.41. The highest BCUT2D eigenvalue weighted by molar-refractivity contribution is 6.76. The highest BCUT2D eigenvalue weighted by atomic mass is 28.4. The number of allylic oxidation sites excluding steroid dienone is 3. The second-order valence-electron chi connectivity index (χ2n) is 3.08. The monoisotopic (exact) mass is 211 g/mol. The molecule has 0 aromatic rings. The van der Waals surface area contributed by atoms with Gasteiger partial charge in [0.25, 0.3) is 8.32 Å². The van der Waals surface area contributed by atoms with Crippen molar-refractivity contribution in [3.63, 3.8) is 0 Å². The van der Waals surface area contributed by atoms with Crippen LogP contribution in [0.1, 0.15) is 0 Å². The molecule has 2 N–H and O–H groups in total. The summed E-state index contributed by atoms with van der Waals surface area (Å²) in [7, 11) is -2.19. The molecule has 0 rings (SSSR count). The van der Waals surface area contributed by atoms with Crippen molar-refractivity contribution in [2.75, 3.05) is 0 Å². The fraction of sp³-hybridized carbons (Fsp3) is 0.300. The van der Waals surface area contributed by atoms with Gasteiger partial charge in [-0.05, 0) is 18.1 Å². The lowest BCUT2D eigenvalue weighted by Crippen LogP contribution is -2.40. The Labute approximate surface area is 86.1 Å². The highest BCUT2D eigenvalue weighted by Crippen LogP contribution is 2.23. The Morgan fingerprint density at radius 1 is 1.14 bits per heavy atom. The molecule has 0 heterocycles. The van der Waals surface area contributed by atoms with Crippen molar-refractivity contribution in [1.82, 2.24) is 0 Å². The van der Waals surface area contributed by atoms with Crippen LogP contribution in [0.15, 0.2) is 38.0 Å². The van der Waals surface area contributed by atoms with Crippen molar-refractivity contribution in [2.24, 2.45) is 5.73 Å². The quantitative estimate of drug-likeness (QED) is 0.520. The molecular weight excluding hydrogens is 194 g/mol. The van der Waals surface area contributed by atoms with E-state index in [4.69, 9.17) is 10.2 Å². The molecule has 0 aliphatic heterocycles. The Balaban J connectivity index is 4.69. The van der Waals surface area contributed by atoms with Gasteiger partial charge in [-0.3, -0.25) is 0 Å². The zero-order valence-corrected chi connectivity index (χ0v) is 9.37. The number of amides is 1. The van der Waals surface area contributed by atoms with Gasteiger partial charge in [0.05, 0.1) is 0 Å². The molecular formula is C10H17NO2Si. The van der Waals surface area contributed by atoms with Gasteiger partial charge in [0.15, 0.2) is 0 Å².